The zero-order valence-corrected chi connectivity index (χ0v) is 14.4. The van der Waals surface area contributed by atoms with E-state index in [9.17, 15) is 0 Å². The van der Waals surface area contributed by atoms with Crippen LogP contribution in [-0.4, -0.2) is 49.1 Å². The van der Waals surface area contributed by atoms with Gasteiger partial charge in [-0.25, -0.2) is 0 Å². The van der Waals surface area contributed by atoms with Gasteiger partial charge in [0.2, 0.25) is 0 Å². The third kappa shape index (κ3) is 4.31. The van der Waals surface area contributed by atoms with Gasteiger partial charge in [-0.15, -0.1) is 0 Å². The summed E-state index contributed by atoms with van der Waals surface area (Å²) in [7, 11) is 4.37. The van der Waals surface area contributed by atoms with Crippen LogP contribution < -0.4 is 5.32 Å². The van der Waals surface area contributed by atoms with Crippen LogP contribution in [0.3, 0.4) is 0 Å². The maximum absolute atomic E-state index is 5.88. The molecule has 1 N–H and O–H groups in total. The minimum atomic E-state index is 0.485. The lowest BCUT2D eigenvalue weighted by molar-refractivity contribution is 0.250. The zero-order chi connectivity index (χ0) is 15.6. The summed E-state index contributed by atoms with van der Waals surface area (Å²) in [5, 5.41) is 3.41. The molecule has 0 amide bonds. The molecule has 2 unspecified atom stereocenters. The van der Waals surface area contributed by atoms with Crippen LogP contribution in [0.5, 0.6) is 0 Å². The Morgan fingerprint density at radius 2 is 2.10 bits per heavy atom. The summed E-state index contributed by atoms with van der Waals surface area (Å²) in [4.78, 5) is 4.90. The first-order valence-electron chi connectivity index (χ1n) is 8.07. The zero-order valence-electron chi connectivity index (χ0n) is 14.4. The average Bonchev–Trinajstić information content (AvgIpc) is 2.91. The molecule has 2 heterocycles. The van der Waals surface area contributed by atoms with Crippen LogP contribution in [0.4, 0.5) is 0 Å². The standard InChI is InChI=1S/C17H31N3O/c1-12(2)18-8-16-7-15(14(4)21-16)10-20-9-13(3)17(11-20)19(5)6/h7,12-13,17-18H,8-11H2,1-6H3. The maximum atomic E-state index is 5.88. The average molecular weight is 293 g/mol. The molecule has 120 valence electrons. The second-order valence-electron chi connectivity index (χ2n) is 7.03. The van der Waals surface area contributed by atoms with Gasteiger partial charge in [0.25, 0.3) is 0 Å². The van der Waals surface area contributed by atoms with E-state index in [1.165, 1.54) is 12.1 Å². The minimum Gasteiger partial charge on any atom is -0.465 e. The lowest BCUT2D eigenvalue weighted by Gasteiger charge is -2.22. The minimum absolute atomic E-state index is 0.485. The molecule has 1 aromatic rings. The Morgan fingerprint density at radius 3 is 2.67 bits per heavy atom. The Labute approximate surface area is 129 Å². The Bertz CT molecular complexity index is 453. The molecular weight excluding hydrogens is 262 g/mol. The van der Waals surface area contributed by atoms with Crippen LogP contribution >= 0.6 is 0 Å². The highest BCUT2D eigenvalue weighted by Gasteiger charge is 2.31. The van der Waals surface area contributed by atoms with Crippen molar-refractivity contribution in [2.75, 3.05) is 27.2 Å². The smallest absolute Gasteiger partial charge is 0.118 e. The number of likely N-dealkylation sites (N-methyl/N-ethyl adjacent to an activating group) is 1. The summed E-state index contributed by atoms with van der Waals surface area (Å²) < 4.78 is 5.88. The number of aryl methyl sites for hydroxylation is 1. The van der Waals surface area contributed by atoms with Crippen molar-refractivity contribution in [3.63, 3.8) is 0 Å². The van der Waals surface area contributed by atoms with Crippen molar-refractivity contribution in [2.45, 2.75) is 52.9 Å². The Morgan fingerprint density at radius 1 is 1.38 bits per heavy atom. The Balaban J connectivity index is 1.94. The SMILES string of the molecule is Cc1oc(CNC(C)C)cc1CN1CC(C)C(N(C)C)C1. The van der Waals surface area contributed by atoms with Crippen LogP contribution in [-0.2, 0) is 13.1 Å². The topological polar surface area (TPSA) is 31.7 Å². The van der Waals surface area contributed by atoms with Crippen LogP contribution in [0.25, 0.3) is 0 Å². The van der Waals surface area contributed by atoms with Crippen molar-refractivity contribution < 1.29 is 4.42 Å². The molecule has 0 radical (unpaired) electrons. The Kier molecular flexibility index (Phi) is 5.47. The van der Waals surface area contributed by atoms with Crippen LogP contribution in [0.2, 0.25) is 0 Å². The normalized spacial score (nSPS) is 23.6. The number of furan rings is 1. The number of hydrogen-bond acceptors (Lipinski definition) is 4. The fraction of sp³-hybridized carbons (Fsp3) is 0.765. The van der Waals surface area contributed by atoms with E-state index in [1.54, 1.807) is 0 Å². The number of nitrogens with zero attached hydrogens (tertiary/aromatic N) is 2. The molecule has 1 aromatic heterocycles. The van der Waals surface area contributed by atoms with Gasteiger partial charge in [-0.1, -0.05) is 20.8 Å². The van der Waals surface area contributed by atoms with Gasteiger partial charge >= 0.3 is 0 Å². The number of likely N-dealkylation sites (tertiary alicyclic amines) is 1. The van der Waals surface area contributed by atoms with E-state index in [4.69, 9.17) is 4.42 Å². The van der Waals surface area contributed by atoms with Crippen molar-refractivity contribution in [3.8, 4) is 0 Å². The van der Waals surface area contributed by atoms with E-state index in [0.29, 0.717) is 12.1 Å². The molecule has 0 aliphatic carbocycles. The molecule has 1 aliphatic rings. The van der Waals surface area contributed by atoms with E-state index in [1.807, 2.05) is 0 Å². The predicted molar refractivity (Wildman–Crippen MR) is 87.3 cm³/mol. The second-order valence-corrected chi connectivity index (χ2v) is 7.03. The maximum Gasteiger partial charge on any atom is 0.118 e. The summed E-state index contributed by atoms with van der Waals surface area (Å²) in [6, 6.07) is 3.37. The second kappa shape index (κ2) is 6.95. The first-order chi connectivity index (χ1) is 9.86. The lowest BCUT2D eigenvalue weighted by atomic mass is 10.1. The summed E-state index contributed by atoms with van der Waals surface area (Å²) in [5.74, 6) is 2.85. The van der Waals surface area contributed by atoms with Gasteiger partial charge in [0.1, 0.15) is 11.5 Å². The molecule has 1 saturated heterocycles. The van der Waals surface area contributed by atoms with Gasteiger partial charge in [0.15, 0.2) is 0 Å². The van der Waals surface area contributed by atoms with Gasteiger partial charge in [0.05, 0.1) is 6.54 Å². The van der Waals surface area contributed by atoms with Crippen LogP contribution in [0.1, 0.15) is 37.9 Å². The molecule has 4 heteroatoms. The largest absolute Gasteiger partial charge is 0.465 e. The summed E-state index contributed by atoms with van der Waals surface area (Å²) in [5.41, 5.74) is 1.34. The van der Waals surface area contributed by atoms with Crippen molar-refractivity contribution in [2.24, 2.45) is 5.92 Å². The fourth-order valence-electron chi connectivity index (χ4n) is 3.23. The van der Waals surface area contributed by atoms with E-state index in [0.717, 1.165) is 37.1 Å². The highest BCUT2D eigenvalue weighted by molar-refractivity contribution is 5.21. The molecule has 4 nitrogen and oxygen atoms in total. The highest BCUT2D eigenvalue weighted by atomic mass is 16.3. The van der Waals surface area contributed by atoms with Gasteiger partial charge in [-0.05, 0) is 33.0 Å². The summed E-state index contributed by atoms with van der Waals surface area (Å²) in [6.07, 6.45) is 0. The van der Waals surface area contributed by atoms with Crippen LogP contribution in [0, 0.1) is 12.8 Å². The van der Waals surface area contributed by atoms with Gasteiger partial charge < -0.3 is 14.6 Å². The molecule has 0 bridgehead atoms. The van der Waals surface area contributed by atoms with Crippen molar-refractivity contribution >= 4 is 0 Å². The summed E-state index contributed by atoms with van der Waals surface area (Å²) in [6.45, 7) is 12.9. The highest BCUT2D eigenvalue weighted by Crippen LogP contribution is 2.24. The monoisotopic (exact) mass is 293 g/mol. The molecule has 0 saturated carbocycles. The number of rotatable bonds is 6. The molecular formula is C17H31N3O. The van der Waals surface area contributed by atoms with Crippen molar-refractivity contribution in [1.82, 2.24) is 15.1 Å². The van der Waals surface area contributed by atoms with E-state index >= 15 is 0 Å². The Hall–Kier alpha value is -0.840. The molecule has 0 aromatic carbocycles. The summed E-state index contributed by atoms with van der Waals surface area (Å²) >= 11 is 0. The molecule has 1 fully saturated rings. The van der Waals surface area contributed by atoms with E-state index in [-0.39, 0.29) is 0 Å². The molecule has 2 rings (SSSR count). The molecule has 21 heavy (non-hydrogen) atoms. The predicted octanol–water partition coefficient (Wildman–Crippen LogP) is 2.47. The van der Waals surface area contributed by atoms with Gasteiger partial charge in [-0.3, -0.25) is 4.90 Å². The van der Waals surface area contributed by atoms with Gasteiger partial charge in [0, 0.05) is 37.3 Å². The molecule has 0 spiro atoms. The molecule has 1 aliphatic heterocycles. The van der Waals surface area contributed by atoms with Crippen molar-refractivity contribution in [1.29, 1.82) is 0 Å². The lowest BCUT2D eigenvalue weighted by Crippen LogP contribution is -2.34. The first kappa shape index (κ1) is 16.5. The van der Waals surface area contributed by atoms with Gasteiger partial charge in [-0.2, -0.15) is 0 Å². The first-order valence-corrected chi connectivity index (χ1v) is 8.07. The quantitative estimate of drug-likeness (QED) is 0.873. The number of nitrogens with one attached hydrogen (secondary N) is 1. The van der Waals surface area contributed by atoms with Crippen LogP contribution in [0.15, 0.2) is 10.5 Å². The van der Waals surface area contributed by atoms with Crippen molar-refractivity contribution in [3.05, 3.63) is 23.2 Å². The fourth-order valence-corrected chi connectivity index (χ4v) is 3.23. The third-order valence-electron chi connectivity index (χ3n) is 4.46. The molecule has 2 atom stereocenters. The van der Waals surface area contributed by atoms with E-state index < -0.39 is 0 Å². The third-order valence-corrected chi connectivity index (χ3v) is 4.46. The number of hydrogen-bond donors (Lipinski definition) is 1. The van der Waals surface area contributed by atoms with E-state index in [2.05, 4.69) is 63.0 Å².